The molecule has 1 aromatic heterocycles. The van der Waals surface area contributed by atoms with Crippen LogP contribution in [-0.4, -0.2) is 35.7 Å². The fourth-order valence-corrected chi connectivity index (χ4v) is 2.24. The maximum Gasteiger partial charge on any atom is 0.287 e. The van der Waals surface area contributed by atoms with Crippen molar-refractivity contribution in [2.24, 2.45) is 0 Å². The summed E-state index contributed by atoms with van der Waals surface area (Å²) in [4.78, 5) is 16.6. The molecule has 1 fully saturated rings. The van der Waals surface area contributed by atoms with Crippen LogP contribution in [0.2, 0.25) is 0 Å². The Hall–Kier alpha value is -1.95. The van der Waals surface area contributed by atoms with Crippen LogP contribution < -0.4 is 4.90 Å². The molecule has 2 heterocycles. The van der Waals surface area contributed by atoms with Gasteiger partial charge >= 0.3 is 0 Å². The van der Waals surface area contributed by atoms with E-state index < -0.39 is 4.92 Å². The second kappa shape index (κ2) is 5.79. The van der Waals surface area contributed by atoms with Crippen LogP contribution in [0.3, 0.4) is 0 Å². The van der Waals surface area contributed by atoms with E-state index in [1.807, 2.05) is 6.92 Å². The van der Waals surface area contributed by atoms with Crippen molar-refractivity contribution in [1.29, 1.82) is 0 Å². The van der Waals surface area contributed by atoms with E-state index in [1.165, 1.54) is 6.20 Å². The molecule has 0 spiro atoms. The Bertz CT molecular complexity index is 490. The minimum atomic E-state index is -0.427. The van der Waals surface area contributed by atoms with Crippen LogP contribution in [0.1, 0.15) is 12.0 Å². The van der Waals surface area contributed by atoms with E-state index >= 15 is 0 Å². The van der Waals surface area contributed by atoms with Crippen molar-refractivity contribution in [3.8, 4) is 0 Å². The molecule has 1 aliphatic heterocycles. The molecule has 1 aromatic rings. The zero-order valence-corrected chi connectivity index (χ0v) is 10.9. The summed E-state index contributed by atoms with van der Waals surface area (Å²) in [6.07, 6.45) is 4.15. The Balaban J connectivity index is 2.07. The number of nitrogens with zero attached hydrogens (tertiary/aromatic N) is 3. The maximum atomic E-state index is 10.7. The van der Waals surface area contributed by atoms with E-state index in [9.17, 15) is 10.1 Å². The average Bonchev–Trinajstić information content (AvgIpc) is 2.84. The molecule has 1 unspecified atom stereocenters. The predicted molar refractivity (Wildman–Crippen MR) is 72.4 cm³/mol. The van der Waals surface area contributed by atoms with Crippen molar-refractivity contribution in [3.05, 3.63) is 40.6 Å². The average molecular weight is 263 g/mol. The van der Waals surface area contributed by atoms with E-state index in [4.69, 9.17) is 4.74 Å². The molecule has 6 nitrogen and oxygen atoms in total. The van der Waals surface area contributed by atoms with Gasteiger partial charge in [-0.25, -0.2) is 4.98 Å². The van der Waals surface area contributed by atoms with Crippen molar-refractivity contribution in [2.75, 3.05) is 24.6 Å². The highest BCUT2D eigenvalue weighted by Gasteiger charge is 2.25. The summed E-state index contributed by atoms with van der Waals surface area (Å²) in [7, 11) is 0. The number of aromatic nitrogens is 1. The number of anilines is 1. The molecule has 0 aliphatic carbocycles. The van der Waals surface area contributed by atoms with Gasteiger partial charge in [-0.3, -0.25) is 10.1 Å². The fourth-order valence-electron chi connectivity index (χ4n) is 2.24. The fraction of sp³-hybridized carbons (Fsp3) is 0.462. The van der Waals surface area contributed by atoms with Crippen molar-refractivity contribution in [2.45, 2.75) is 19.4 Å². The van der Waals surface area contributed by atoms with Gasteiger partial charge in [0.2, 0.25) is 0 Å². The molecule has 1 aliphatic rings. The molecule has 0 aromatic carbocycles. The molecule has 19 heavy (non-hydrogen) atoms. The lowest BCUT2D eigenvalue weighted by atomic mass is 10.2. The Morgan fingerprint density at radius 2 is 2.53 bits per heavy atom. The summed E-state index contributed by atoms with van der Waals surface area (Å²) in [6, 6.07) is 1.56. The lowest BCUT2D eigenvalue weighted by Crippen LogP contribution is -2.24. The maximum absolute atomic E-state index is 10.7. The number of hydrogen-bond acceptors (Lipinski definition) is 5. The number of aryl methyl sites for hydroxylation is 1. The smallest absolute Gasteiger partial charge is 0.287 e. The van der Waals surface area contributed by atoms with Gasteiger partial charge in [0.05, 0.1) is 17.6 Å². The molecule has 6 heteroatoms. The van der Waals surface area contributed by atoms with Gasteiger partial charge in [-0.2, -0.15) is 0 Å². The first kappa shape index (κ1) is 13.5. The molecule has 0 amide bonds. The summed E-state index contributed by atoms with van der Waals surface area (Å²) in [5, 5.41) is 10.7. The summed E-state index contributed by atoms with van der Waals surface area (Å²) < 4.78 is 5.61. The molecule has 102 valence electrons. The van der Waals surface area contributed by atoms with Gasteiger partial charge in [0, 0.05) is 19.2 Å². The van der Waals surface area contributed by atoms with Crippen molar-refractivity contribution < 1.29 is 9.66 Å². The highest BCUT2D eigenvalue weighted by molar-refractivity contribution is 5.51. The molecule has 0 bridgehead atoms. The van der Waals surface area contributed by atoms with Gasteiger partial charge in [-0.05, 0) is 18.9 Å². The van der Waals surface area contributed by atoms with E-state index in [0.29, 0.717) is 6.61 Å². The molecule has 0 saturated carbocycles. The quantitative estimate of drug-likeness (QED) is 0.462. The Morgan fingerprint density at radius 3 is 3.16 bits per heavy atom. The van der Waals surface area contributed by atoms with Gasteiger partial charge in [-0.1, -0.05) is 6.08 Å². The molecule has 1 saturated heterocycles. The number of pyridine rings is 1. The molecular weight excluding hydrogens is 246 g/mol. The lowest BCUT2D eigenvalue weighted by Gasteiger charge is -2.19. The summed E-state index contributed by atoms with van der Waals surface area (Å²) in [5.41, 5.74) is 0.846. The van der Waals surface area contributed by atoms with Gasteiger partial charge in [-0.15, -0.1) is 6.58 Å². The third-order valence-corrected chi connectivity index (χ3v) is 3.14. The van der Waals surface area contributed by atoms with Crippen LogP contribution in [0, 0.1) is 17.0 Å². The van der Waals surface area contributed by atoms with Crippen LogP contribution in [0.4, 0.5) is 11.5 Å². The third kappa shape index (κ3) is 3.08. The second-order valence-corrected chi connectivity index (χ2v) is 4.57. The van der Waals surface area contributed by atoms with Crippen molar-refractivity contribution in [3.63, 3.8) is 0 Å². The Labute approximate surface area is 111 Å². The van der Waals surface area contributed by atoms with E-state index in [0.717, 1.165) is 30.9 Å². The van der Waals surface area contributed by atoms with E-state index in [-0.39, 0.29) is 11.8 Å². The number of nitro groups is 1. The first-order valence-electron chi connectivity index (χ1n) is 6.20. The van der Waals surface area contributed by atoms with Gasteiger partial charge < -0.3 is 9.64 Å². The summed E-state index contributed by atoms with van der Waals surface area (Å²) >= 11 is 0. The normalized spacial score (nSPS) is 18.6. The number of ether oxygens (including phenoxy) is 1. The zero-order chi connectivity index (χ0) is 13.8. The monoisotopic (exact) mass is 263 g/mol. The predicted octanol–water partition coefficient (Wildman–Crippen LogP) is 2.08. The van der Waals surface area contributed by atoms with E-state index in [2.05, 4.69) is 16.5 Å². The molecule has 0 radical (unpaired) electrons. The summed E-state index contributed by atoms with van der Waals surface area (Å²) in [6.45, 7) is 7.63. The largest absolute Gasteiger partial charge is 0.372 e. The Kier molecular flexibility index (Phi) is 4.11. The van der Waals surface area contributed by atoms with Crippen LogP contribution in [-0.2, 0) is 4.74 Å². The van der Waals surface area contributed by atoms with Gasteiger partial charge in [0.1, 0.15) is 12.0 Å². The van der Waals surface area contributed by atoms with Gasteiger partial charge in [0.15, 0.2) is 0 Å². The van der Waals surface area contributed by atoms with Crippen molar-refractivity contribution >= 4 is 11.5 Å². The van der Waals surface area contributed by atoms with Crippen molar-refractivity contribution in [1.82, 2.24) is 4.98 Å². The molecule has 0 N–H and O–H groups in total. The highest BCUT2D eigenvalue weighted by Crippen LogP contribution is 2.25. The van der Waals surface area contributed by atoms with Crippen LogP contribution in [0.25, 0.3) is 0 Å². The van der Waals surface area contributed by atoms with E-state index in [1.54, 1.807) is 12.1 Å². The highest BCUT2D eigenvalue weighted by atomic mass is 16.6. The third-order valence-electron chi connectivity index (χ3n) is 3.14. The van der Waals surface area contributed by atoms with Crippen LogP contribution in [0.5, 0.6) is 0 Å². The Morgan fingerprint density at radius 1 is 1.74 bits per heavy atom. The zero-order valence-electron chi connectivity index (χ0n) is 10.9. The van der Waals surface area contributed by atoms with Crippen LogP contribution in [0.15, 0.2) is 24.9 Å². The minimum Gasteiger partial charge on any atom is -0.372 e. The topological polar surface area (TPSA) is 68.5 Å². The van der Waals surface area contributed by atoms with Crippen LogP contribution >= 0.6 is 0 Å². The van der Waals surface area contributed by atoms with Gasteiger partial charge in [0.25, 0.3) is 5.69 Å². The molecular formula is C13H17N3O3. The lowest BCUT2D eigenvalue weighted by molar-refractivity contribution is -0.385. The second-order valence-electron chi connectivity index (χ2n) is 4.57. The first-order chi connectivity index (χ1) is 9.11. The SMILES string of the molecule is C=CCOC1CCN(c2ncc([N+](=O)[O-])cc2C)C1. The molecule has 2 rings (SSSR count). The first-order valence-corrected chi connectivity index (χ1v) is 6.20. The number of hydrogen-bond donors (Lipinski definition) is 0. The summed E-state index contributed by atoms with van der Waals surface area (Å²) in [5.74, 6) is 0.801. The standard InChI is InChI=1S/C13H17N3O3/c1-3-6-19-12-4-5-15(9-12)13-10(2)7-11(8-14-13)16(17)18/h3,7-8,12H,1,4-6,9H2,2H3. The number of rotatable bonds is 5. The molecule has 1 atom stereocenters. The minimum absolute atomic E-state index is 0.0277.